The fourth-order valence-electron chi connectivity index (χ4n) is 2.07. The number of aromatic nitrogens is 2. The van der Waals surface area contributed by atoms with Crippen LogP contribution in [0.5, 0.6) is 0 Å². The van der Waals surface area contributed by atoms with Crippen molar-refractivity contribution in [2.75, 3.05) is 12.3 Å². The maximum atomic E-state index is 12.3. The number of carbonyl (C=O) groups excluding carboxylic acids is 1. The van der Waals surface area contributed by atoms with E-state index in [-0.39, 0.29) is 11.9 Å². The van der Waals surface area contributed by atoms with Crippen molar-refractivity contribution in [1.82, 2.24) is 14.9 Å². The first-order valence-electron chi connectivity index (χ1n) is 5.77. The van der Waals surface area contributed by atoms with Gasteiger partial charge in [-0.3, -0.25) is 4.79 Å². The lowest BCUT2D eigenvalue weighted by atomic mass is 10.1. The Morgan fingerprint density at radius 3 is 3.11 bits per heavy atom. The molecule has 0 saturated carbocycles. The predicted molar refractivity (Wildman–Crippen MR) is 76.9 cm³/mol. The first-order chi connectivity index (χ1) is 9.13. The monoisotopic (exact) mass is 338 g/mol. The van der Waals surface area contributed by atoms with Gasteiger partial charge in [-0.05, 0) is 34.0 Å². The van der Waals surface area contributed by atoms with Crippen LogP contribution in [-0.4, -0.2) is 27.3 Å². The molecule has 19 heavy (non-hydrogen) atoms. The summed E-state index contributed by atoms with van der Waals surface area (Å²) in [4.78, 5) is 23.1. The molecule has 2 N–H and O–H groups in total. The van der Waals surface area contributed by atoms with E-state index in [9.17, 15) is 4.79 Å². The second kappa shape index (κ2) is 4.90. The lowest BCUT2D eigenvalue weighted by molar-refractivity contribution is 0.0736. The topological polar surface area (TPSA) is 72.1 Å². The van der Waals surface area contributed by atoms with Gasteiger partial charge in [-0.1, -0.05) is 0 Å². The van der Waals surface area contributed by atoms with Crippen LogP contribution in [0.25, 0.3) is 0 Å². The number of nitrogen functional groups attached to an aromatic ring is 1. The minimum atomic E-state index is 0.0403. The van der Waals surface area contributed by atoms with Crippen molar-refractivity contribution < 1.29 is 4.79 Å². The van der Waals surface area contributed by atoms with E-state index < -0.39 is 0 Å². The molecule has 0 bridgehead atoms. The normalized spacial score (nSPS) is 14.3. The Morgan fingerprint density at radius 2 is 2.37 bits per heavy atom. The van der Waals surface area contributed by atoms with E-state index >= 15 is 0 Å². The number of hydrogen-bond donors (Lipinski definition) is 1. The van der Waals surface area contributed by atoms with Gasteiger partial charge >= 0.3 is 0 Å². The highest BCUT2D eigenvalue weighted by atomic mass is 79.9. The van der Waals surface area contributed by atoms with Crippen molar-refractivity contribution in [3.05, 3.63) is 38.3 Å². The summed E-state index contributed by atoms with van der Waals surface area (Å²) in [5.74, 6) is 0.297. The molecule has 1 amide bonds. The molecule has 7 heteroatoms. The Hall–Kier alpha value is -1.47. The molecule has 0 spiro atoms. The standard InChI is InChI=1S/C12H11BrN4OS/c13-8-3-10(19-6-8)11(18)17-2-1-7-4-15-12(14)16-9(7)5-17/h3-4,6H,1-2,5H2,(H2,14,15,16). The summed E-state index contributed by atoms with van der Waals surface area (Å²) in [5.41, 5.74) is 7.51. The number of nitrogens with two attached hydrogens (primary N) is 1. The third kappa shape index (κ3) is 2.48. The SMILES string of the molecule is Nc1ncc2c(n1)CN(C(=O)c1cc(Br)cs1)CC2. The predicted octanol–water partition coefficient (Wildman–Crippen LogP) is 2.08. The van der Waals surface area contributed by atoms with Gasteiger partial charge in [0, 0.05) is 22.6 Å². The summed E-state index contributed by atoms with van der Waals surface area (Å²) in [6.45, 7) is 1.19. The molecule has 0 saturated heterocycles. The van der Waals surface area contributed by atoms with Gasteiger partial charge in [-0.25, -0.2) is 9.97 Å². The number of amides is 1. The van der Waals surface area contributed by atoms with E-state index in [4.69, 9.17) is 5.73 Å². The smallest absolute Gasteiger partial charge is 0.264 e. The van der Waals surface area contributed by atoms with Crippen LogP contribution in [-0.2, 0) is 13.0 Å². The summed E-state index contributed by atoms with van der Waals surface area (Å²) < 4.78 is 0.935. The maximum Gasteiger partial charge on any atom is 0.264 e. The number of nitrogens with zero attached hydrogens (tertiary/aromatic N) is 3. The molecular weight excluding hydrogens is 328 g/mol. The summed E-state index contributed by atoms with van der Waals surface area (Å²) >= 11 is 4.80. The molecule has 1 aliphatic heterocycles. The van der Waals surface area contributed by atoms with Crippen molar-refractivity contribution >= 4 is 39.1 Å². The quantitative estimate of drug-likeness (QED) is 0.863. The molecule has 3 rings (SSSR count). The number of halogens is 1. The van der Waals surface area contributed by atoms with Gasteiger partial charge < -0.3 is 10.6 Å². The minimum absolute atomic E-state index is 0.0403. The molecule has 0 aliphatic carbocycles. The van der Waals surface area contributed by atoms with Gasteiger partial charge in [0.2, 0.25) is 5.95 Å². The fourth-order valence-corrected chi connectivity index (χ4v) is 3.47. The summed E-state index contributed by atoms with van der Waals surface area (Å²) in [6.07, 6.45) is 2.52. The van der Waals surface area contributed by atoms with E-state index in [1.54, 1.807) is 11.1 Å². The molecular formula is C12H11BrN4OS. The van der Waals surface area contributed by atoms with Crippen LogP contribution in [0, 0.1) is 0 Å². The largest absolute Gasteiger partial charge is 0.368 e. The number of hydrogen-bond acceptors (Lipinski definition) is 5. The number of carbonyl (C=O) groups is 1. The molecule has 2 aromatic heterocycles. The molecule has 98 valence electrons. The van der Waals surface area contributed by atoms with Gasteiger partial charge in [0.25, 0.3) is 5.91 Å². The second-order valence-corrected chi connectivity index (χ2v) is 6.13. The average Bonchev–Trinajstić information content (AvgIpc) is 2.83. The third-order valence-electron chi connectivity index (χ3n) is 3.03. The average molecular weight is 339 g/mol. The zero-order valence-corrected chi connectivity index (χ0v) is 12.4. The van der Waals surface area contributed by atoms with Crippen LogP contribution < -0.4 is 5.73 Å². The number of fused-ring (bicyclic) bond motifs is 1. The molecule has 2 aromatic rings. The van der Waals surface area contributed by atoms with E-state index in [2.05, 4.69) is 25.9 Å². The molecule has 5 nitrogen and oxygen atoms in total. The van der Waals surface area contributed by atoms with Crippen molar-refractivity contribution in [3.63, 3.8) is 0 Å². The summed E-state index contributed by atoms with van der Waals surface area (Å²) in [6, 6.07) is 1.84. The van der Waals surface area contributed by atoms with Crippen LogP contribution in [0.4, 0.5) is 5.95 Å². The van der Waals surface area contributed by atoms with Crippen molar-refractivity contribution in [2.45, 2.75) is 13.0 Å². The van der Waals surface area contributed by atoms with Crippen LogP contribution in [0.15, 0.2) is 22.1 Å². The third-order valence-corrected chi connectivity index (χ3v) is 4.71. The van der Waals surface area contributed by atoms with Crippen LogP contribution in [0.3, 0.4) is 0 Å². The molecule has 0 atom stereocenters. The molecule has 0 unspecified atom stereocenters. The van der Waals surface area contributed by atoms with Crippen molar-refractivity contribution in [1.29, 1.82) is 0 Å². The lowest BCUT2D eigenvalue weighted by Gasteiger charge is -2.27. The van der Waals surface area contributed by atoms with E-state index in [1.807, 2.05) is 11.4 Å². The summed E-state index contributed by atoms with van der Waals surface area (Å²) in [5, 5.41) is 1.91. The maximum absolute atomic E-state index is 12.3. The Balaban J connectivity index is 1.83. The van der Waals surface area contributed by atoms with Gasteiger partial charge in [0.1, 0.15) is 0 Å². The zero-order chi connectivity index (χ0) is 13.4. The van der Waals surface area contributed by atoms with Crippen LogP contribution in [0.1, 0.15) is 20.9 Å². The molecule has 0 aromatic carbocycles. The first-order valence-corrected chi connectivity index (χ1v) is 7.44. The van der Waals surface area contributed by atoms with Gasteiger partial charge in [-0.15, -0.1) is 11.3 Å². The number of thiophene rings is 1. The first kappa shape index (κ1) is 12.6. The summed E-state index contributed by atoms with van der Waals surface area (Å²) in [7, 11) is 0. The zero-order valence-electron chi connectivity index (χ0n) is 9.97. The Kier molecular flexibility index (Phi) is 3.24. The number of rotatable bonds is 1. The molecule has 0 radical (unpaired) electrons. The molecule has 1 aliphatic rings. The molecule has 0 fully saturated rings. The van der Waals surface area contributed by atoms with E-state index in [0.717, 1.165) is 27.0 Å². The highest BCUT2D eigenvalue weighted by Gasteiger charge is 2.24. The minimum Gasteiger partial charge on any atom is -0.368 e. The van der Waals surface area contributed by atoms with E-state index in [0.29, 0.717) is 13.1 Å². The van der Waals surface area contributed by atoms with Crippen molar-refractivity contribution in [2.24, 2.45) is 0 Å². The lowest BCUT2D eigenvalue weighted by Crippen LogP contribution is -2.36. The second-order valence-electron chi connectivity index (χ2n) is 4.31. The van der Waals surface area contributed by atoms with Crippen LogP contribution in [0.2, 0.25) is 0 Å². The van der Waals surface area contributed by atoms with E-state index in [1.165, 1.54) is 11.3 Å². The highest BCUT2D eigenvalue weighted by Crippen LogP contribution is 2.24. The Bertz CT molecular complexity index is 642. The number of anilines is 1. The highest BCUT2D eigenvalue weighted by molar-refractivity contribution is 9.10. The van der Waals surface area contributed by atoms with Crippen molar-refractivity contribution in [3.8, 4) is 0 Å². The van der Waals surface area contributed by atoms with Crippen LogP contribution >= 0.6 is 27.3 Å². The molecule has 3 heterocycles. The van der Waals surface area contributed by atoms with Gasteiger partial charge in [0.05, 0.1) is 17.1 Å². The van der Waals surface area contributed by atoms with Gasteiger partial charge in [0.15, 0.2) is 0 Å². The Labute approximate surface area is 122 Å². The van der Waals surface area contributed by atoms with Gasteiger partial charge in [-0.2, -0.15) is 0 Å². The fraction of sp³-hybridized carbons (Fsp3) is 0.250. The Morgan fingerprint density at radius 1 is 1.53 bits per heavy atom.